The summed E-state index contributed by atoms with van der Waals surface area (Å²) in [6, 6.07) is 0. The van der Waals surface area contributed by atoms with Gasteiger partial charge in [-0.1, -0.05) is 6.08 Å². The van der Waals surface area contributed by atoms with Crippen molar-refractivity contribution >= 4 is 12.1 Å². The summed E-state index contributed by atoms with van der Waals surface area (Å²) in [6.45, 7) is 0. The molecule has 0 aliphatic heterocycles. The highest BCUT2D eigenvalue weighted by Crippen LogP contribution is 2.13. The number of ether oxygens (including phenoxy) is 1. The fraction of sp³-hybridized carbons (Fsp3) is 0.111. The molecule has 0 fully saturated rings. The Labute approximate surface area is 75.9 Å². The smallest absolute Gasteiger partial charge is 0.284 e. The zero-order chi connectivity index (χ0) is 9.68. The van der Waals surface area contributed by atoms with Gasteiger partial charge >= 0.3 is 0 Å². The predicted molar refractivity (Wildman–Crippen MR) is 49.0 cm³/mol. The molecule has 0 heterocycles. The van der Waals surface area contributed by atoms with Crippen LogP contribution in [-0.4, -0.2) is 12.1 Å². The van der Waals surface area contributed by atoms with Crippen LogP contribution in [0.2, 0.25) is 0 Å². The van der Waals surface area contributed by atoms with Crippen molar-refractivity contribution in [3.63, 3.8) is 0 Å². The number of carbonyl (C=O) groups is 1. The van der Waals surface area contributed by atoms with Gasteiger partial charge in [0.15, 0.2) is 5.76 Å². The van der Waals surface area contributed by atoms with E-state index in [0.717, 1.165) is 12.6 Å². The first kappa shape index (κ1) is 9.25. The van der Waals surface area contributed by atoms with Gasteiger partial charge in [0.05, 0.1) is 0 Å². The molecule has 0 atom stereocenters. The maximum absolute atomic E-state index is 10.8. The number of allylic oxidation sites excluding steroid dienone is 4. The van der Waals surface area contributed by atoms with Crippen molar-refractivity contribution in [3.05, 3.63) is 35.8 Å². The molecule has 0 unspecified atom stereocenters. The lowest BCUT2D eigenvalue weighted by molar-refractivity contribution is -0.117. The summed E-state index contributed by atoms with van der Waals surface area (Å²) in [5, 5.41) is 6.77. The minimum Gasteiger partial charge on any atom is -0.452 e. The molecule has 1 aliphatic rings. The molecule has 0 aromatic rings. The van der Waals surface area contributed by atoms with E-state index in [1.807, 2.05) is 12.2 Å². The molecule has 0 saturated heterocycles. The molecule has 0 spiro atoms. The first-order chi connectivity index (χ1) is 6.24. The number of nitrogens with two attached hydrogens (primary N) is 1. The summed E-state index contributed by atoms with van der Waals surface area (Å²) in [5.74, 6) is -0.107. The number of rotatable bonds is 4. The second-order valence-corrected chi connectivity index (χ2v) is 2.41. The topological polar surface area (TPSA) is 76.2 Å². The first-order valence-electron chi connectivity index (χ1n) is 3.79. The van der Waals surface area contributed by atoms with E-state index in [0.29, 0.717) is 5.76 Å². The highest BCUT2D eigenvalue weighted by molar-refractivity contribution is 5.94. The van der Waals surface area contributed by atoms with Crippen LogP contribution in [-0.2, 0) is 9.53 Å². The Morgan fingerprint density at radius 2 is 2.46 bits per heavy atom. The molecule has 0 saturated carbocycles. The third-order valence-electron chi connectivity index (χ3n) is 1.44. The Bertz CT molecular complexity index is 314. The van der Waals surface area contributed by atoms with Crippen LogP contribution in [0.5, 0.6) is 0 Å². The van der Waals surface area contributed by atoms with Gasteiger partial charge in [0, 0.05) is 12.3 Å². The lowest BCUT2D eigenvalue weighted by Crippen LogP contribution is -2.16. The Balaban J connectivity index is 2.68. The van der Waals surface area contributed by atoms with E-state index in [2.05, 4.69) is 0 Å². The van der Waals surface area contributed by atoms with E-state index in [1.165, 1.54) is 6.08 Å². The van der Waals surface area contributed by atoms with Crippen LogP contribution in [0.4, 0.5) is 0 Å². The van der Waals surface area contributed by atoms with E-state index in [9.17, 15) is 4.79 Å². The molecule has 1 amide bonds. The number of carbonyl (C=O) groups excluding carboxylic acids is 1. The van der Waals surface area contributed by atoms with Crippen molar-refractivity contribution in [2.75, 3.05) is 0 Å². The van der Waals surface area contributed by atoms with Crippen molar-refractivity contribution in [2.45, 2.75) is 6.42 Å². The van der Waals surface area contributed by atoms with Crippen LogP contribution in [0.15, 0.2) is 35.8 Å². The number of hydrogen-bond acceptors (Lipinski definition) is 3. The third kappa shape index (κ3) is 2.59. The summed E-state index contributed by atoms with van der Waals surface area (Å²) >= 11 is 0. The second-order valence-electron chi connectivity index (χ2n) is 2.41. The lowest BCUT2D eigenvalue weighted by atomic mass is 10.4. The van der Waals surface area contributed by atoms with Crippen molar-refractivity contribution in [2.24, 2.45) is 5.73 Å². The standard InChI is InChI=1S/C9H10N2O2/c10-6-5-8(9(11)12)13-7-3-1-2-4-7/h1,3-6,10H,2H2,(H2,11,12)/b8-5+,10-6?. The first-order valence-corrected chi connectivity index (χ1v) is 3.79. The Kier molecular flexibility index (Phi) is 3.03. The van der Waals surface area contributed by atoms with Gasteiger partial charge in [-0.25, -0.2) is 0 Å². The van der Waals surface area contributed by atoms with E-state index in [1.54, 1.807) is 6.08 Å². The fourth-order valence-corrected chi connectivity index (χ4v) is 0.881. The van der Waals surface area contributed by atoms with Crippen LogP contribution < -0.4 is 5.73 Å². The summed E-state index contributed by atoms with van der Waals surface area (Å²) in [4.78, 5) is 10.8. The van der Waals surface area contributed by atoms with Gasteiger partial charge in [-0.05, 0) is 18.6 Å². The molecule has 0 bridgehead atoms. The van der Waals surface area contributed by atoms with E-state index in [-0.39, 0.29) is 5.76 Å². The molecule has 3 N–H and O–H groups in total. The van der Waals surface area contributed by atoms with Gasteiger partial charge in [0.1, 0.15) is 5.76 Å². The predicted octanol–water partition coefficient (Wildman–Crippen LogP) is 0.866. The third-order valence-corrected chi connectivity index (χ3v) is 1.44. The van der Waals surface area contributed by atoms with Crippen LogP contribution in [0.25, 0.3) is 0 Å². The van der Waals surface area contributed by atoms with Gasteiger partial charge in [-0.2, -0.15) is 0 Å². The minimum absolute atomic E-state index is 0.0206. The maximum atomic E-state index is 10.8. The van der Waals surface area contributed by atoms with E-state index in [4.69, 9.17) is 15.9 Å². The second kappa shape index (κ2) is 4.25. The molecular formula is C9H10N2O2. The largest absolute Gasteiger partial charge is 0.452 e. The number of nitrogens with one attached hydrogen (secondary N) is 1. The van der Waals surface area contributed by atoms with Gasteiger partial charge in [-0.15, -0.1) is 0 Å². The molecule has 0 radical (unpaired) electrons. The molecule has 0 aromatic carbocycles. The number of amides is 1. The summed E-state index contributed by atoms with van der Waals surface area (Å²) < 4.78 is 5.12. The van der Waals surface area contributed by atoms with Crippen LogP contribution >= 0.6 is 0 Å². The average Bonchev–Trinajstić information content (AvgIpc) is 2.56. The van der Waals surface area contributed by atoms with Crippen molar-refractivity contribution in [1.82, 2.24) is 0 Å². The van der Waals surface area contributed by atoms with Crippen molar-refractivity contribution < 1.29 is 9.53 Å². The molecule has 0 aromatic heterocycles. The monoisotopic (exact) mass is 178 g/mol. The quantitative estimate of drug-likeness (QED) is 0.380. The van der Waals surface area contributed by atoms with Gasteiger partial charge < -0.3 is 15.9 Å². The SMILES string of the molecule is N=C/C=C(/OC1=CCC=C1)C(N)=O. The highest BCUT2D eigenvalue weighted by atomic mass is 16.5. The summed E-state index contributed by atoms with van der Waals surface area (Å²) in [6.07, 6.45) is 8.44. The van der Waals surface area contributed by atoms with Crippen LogP contribution in [0.3, 0.4) is 0 Å². The van der Waals surface area contributed by atoms with Gasteiger partial charge in [0.25, 0.3) is 5.91 Å². The minimum atomic E-state index is -0.676. The molecule has 1 rings (SSSR count). The summed E-state index contributed by atoms with van der Waals surface area (Å²) in [7, 11) is 0. The Morgan fingerprint density at radius 1 is 1.69 bits per heavy atom. The Morgan fingerprint density at radius 3 is 2.92 bits per heavy atom. The lowest BCUT2D eigenvalue weighted by Gasteiger charge is -2.04. The molecule has 4 heteroatoms. The average molecular weight is 178 g/mol. The molecule has 13 heavy (non-hydrogen) atoms. The fourth-order valence-electron chi connectivity index (χ4n) is 0.881. The van der Waals surface area contributed by atoms with Crippen LogP contribution in [0, 0.1) is 5.41 Å². The Hall–Kier alpha value is -1.84. The van der Waals surface area contributed by atoms with Crippen molar-refractivity contribution in [3.8, 4) is 0 Å². The van der Waals surface area contributed by atoms with E-state index >= 15 is 0 Å². The van der Waals surface area contributed by atoms with Gasteiger partial charge in [-0.3, -0.25) is 4.79 Å². The number of hydrogen-bond donors (Lipinski definition) is 2. The number of primary amides is 1. The van der Waals surface area contributed by atoms with Crippen molar-refractivity contribution in [1.29, 1.82) is 5.41 Å². The molecule has 68 valence electrons. The normalized spacial score (nSPS) is 15.4. The van der Waals surface area contributed by atoms with Crippen LogP contribution in [0.1, 0.15) is 6.42 Å². The van der Waals surface area contributed by atoms with Gasteiger partial charge in [0.2, 0.25) is 0 Å². The molecule has 4 nitrogen and oxygen atoms in total. The maximum Gasteiger partial charge on any atom is 0.284 e. The zero-order valence-corrected chi connectivity index (χ0v) is 6.99. The molecular weight excluding hydrogens is 168 g/mol. The highest BCUT2D eigenvalue weighted by Gasteiger charge is 2.08. The zero-order valence-electron chi connectivity index (χ0n) is 6.99. The van der Waals surface area contributed by atoms with E-state index < -0.39 is 5.91 Å². The summed E-state index contributed by atoms with van der Waals surface area (Å²) in [5.41, 5.74) is 5.01. The molecule has 1 aliphatic carbocycles.